The molecule has 0 unspecified atom stereocenters. The Morgan fingerprint density at radius 1 is 1.53 bits per heavy atom. The normalized spacial score (nSPS) is 10.5. The first-order chi connectivity index (χ1) is 8.08. The van der Waals surface area contributed by atoms with Crippen LogP contribution in [0.3, 0.4) is 0 Å². The summed E-state index contributed by atoms with van der Waals surface area (Å²) in [6.07, 6.45) is 1.93. The van der Waals surface area contributed by atoms with Crippen molar-refractivity contribution >= 4 is 21.7 Å². The minimum atomic E-state index is -0.0134. The third-order valence-electron chi connectivity index (χ3n) is 2.46. The number of aryl methyl sites for hydroxylation is 2. The molecule has 0 aliphatic rings. The van der Waals surface area contributed by atoms with Gasteiger partial charge in [-0.1, -0.05) is 0 Å². The van der Waals surface area contributed by atoms with Crippen LogP contribution in [0, 0.1) is 6.92 Å². The topological polar surface area (TPSA) is 47.8 Å². The molecule has 4 nitrogen and oxygen atoms in total. The van der Waals surface area contributed by atoms with E-state index in [0.717, 1.165) is 15.9 Å². The lowest BCUT2D eigenvalue weighted by molar-refractivity contribution is 0.0985. The van der Waals surface area contributed by atoms with Crippen LogP contribution in [0.25, 0.3) is 0 Å². The molecule has 0 bridgehead atoms. The highest BCUT2D eigenvalue weighted by Crippen LogP contribution is 2.16. The summed E-state index contributed by atoms with van der Waals surface area (Å²) in [5.41, 5.74) is 2.27. The third-order valence-corrected chi connectivity index (χ3v) is 3.10. The summed E-state index contributed by atoms with van der Waals surface area (Å²) >= 11 is 3.33. The Morgan fingerprint density at radius 3 is 2.88 bits per heavy atom. The number of nitrogens with zero attached hydrogens (tertiary/aromatic N) is 3. The smallest absolute Gasteiger partial charge is 0.188 e. The number of pyridine rings is 1. The van der Waals surface area contributed by atoms with Crippen LogP contribution in [0.15, 0.2) is 28.9 Å². The van der Waals surface area contributed by atoms with Gasteiger partial charge in [-0.15, -0.1) is 0 Å². The molecule has 0 radical (unpaired) electrons. The molecule has 2 aromatic heterocycles. The number of hydrogen-bond acceptors (Lipinski definition) is 3. The van der Waals surface area contributed by atoms with Gasteiger partial charge in [0.05, 0.1) is 12.1 Å². The largest absolute Gasteiger partial charge is 0.292 e. The van der Waals surface area contributed by atoms with Gasteiger partial charge in [-0.3, -0.25) is 14.5 Å². The molecular formula is C12H12BrN3O. The molecule has 2 aromatic rings. The van der Waals surface area contributed by atoms with E-state index in [1.807, 2.05) is 26.1 Å². The van der Waals surface area contributed by atoms with E-state index in [1.54, 1.807) is 16.9 Å². The van der Waals surface area contributed by atoms with Gasteiger partial charge in [0.15, 0.2) is 5.78 Å². The highest BCUT2D eigenvalue weighted by Gasteiger charge is 2.14. The molecule has 0 atom stereocenters. The standard InChI is InChI=1S/C12H12BrN3O/c1-8-6-9(16(2)15-8)7-11(17)12-10(13)4-3-5-14-12/h3-6H,7H2,1-2H3. The van der Waals surface area contributed by atoms with Gasteiger partial charge < -0.3 is 0 Å². The van der Waals surface area contributed by atoms with Crippen LogP contribution in [-0.2, 0) is 13.5 Å². The van der Waals surface area contributed by atoms with E-state index in [2.05, 4.69) is 26.0 Å². The molecule has 0 saturated heterocycles. The molecule has 5 heteroatoms. The molecule has 17 heavy (non-hydrogen) atoms. The van der Waals surface area contributed by atoms with E-state index in [1.165, 1.54) is 0 Å². The number of carbonyl (C=O) groups is 1. The maximum Gasteiger partial charge on any atom is 0.188 e. The van der Waals surface area contributed by atoms with Crippen LogP contribution >= 0.6 is 15.9 Å². The van der Waals surface area contributed by atoms with Crippen molar-refractivity contribution < 1.29 is 4.79 Å². The number of aromatic nitrogens is 3. The lowest BCUT2D eigenvalue weighted by Gasteiger charge is -2.02. The van der Waals surface area contributed by atoms with Crippen LogP contribution < -0.4 is 0 Å². The van der Waals surface area contributed by atoms with Crippen molar-refractivity contribution in [2.75, 3.05) is 0 Å². The van der Waals surface area contributed by atoms with Crippen molar-refractivity contribution in [3.8, 4) is 0 Å². The predicted molar refractivity (Wildman–Crippen MR) is 67.9 cm³/mol. The van der Waals surface area contributed by atoms with Gasteiger partial charge in [-0.25, -0.2) is 0 Å². The van der Waals surface area contributed by atoms with Crippen molar-refractivity contribution in [2.24, 2.45) is 7.05 Å². The van der Waals surface area contributed by atoms with Crippen LogP contribution in [0.2, 0.25) is 0 Å². The van der Waals surface area contributed by atoms with Crippen molar-refractivity contribution in [3.63, 3.8) is 0 Å². The second-order valence-electron chi connectivity index (χ2n) is 3.83. The molecule has 0 amide bonds. The summed E-state index contributed by atoms with van der Waals surface area (Å²) in [6.45, 7) is 1.91. The van der Waals surface area contributed by atoms with Gasteiger partial charge in [-0.2, -0.15) is 5.10 Å². The van der Waals surface area contributed by atoms with Crippen molar-refractivity contribution in [1.29, 1.82) is 0 Å². The quantitative estimate of drug-likeness (QED) is 0.816. The fourth-order valence-electron chi connectivity index (χ4n) is 1.67. The summed E-state index contributed by atoms with van der Waals surface area (Å²) in [4.78, 5) is 16.1. The average molecular weight is 294 g/mol. The van der Waals surface area contributed by atoms with Crippen LogP contribution in [0.1, 0.15) is 21.9 Å². The fraction of sp³-hybridized carbons (Fsp3) is 0.250. The Labute approximate surface area is 108 Å². The predicted octanol–water partition coefficient (Wildman–Crippen LogP) is 2.31. The van der Waals surface area contributed by atoms with Crippen molar-refractivity contribution in [3.05, 3.63) is 46.0 Å². The van der Waals surface area contributed by atoms with Crippen molar-refractivity contribution in [1.82, 2.24) is 14.8 Å². The average Bonchev–Trinajstić information content (AvgIpc) is 2.58. The monoisotopic (exact) mass is 293 g/mol. The Hall–Kier alpha value is -1.49. The molecule has 0 fully saturated rings. The molecule has 88 valence electrons. The first-order valence-electron chi connectivity index (χ1n) is 5.21. The molecule has 0 aliphatic heterocycles. The van der Waals surface area contributed by atoms with Crippen LogP contribution in [0.5, 0.6) is 0 Å². The maximum absolute atomic E-state index is 12.1. The number of Topliss-reactive ketones (excluding diaryl/α,β-unsaturated/α-hetero) is 1. The van der Waals surface area contributed by atoms with Gasteiger partial charge in [0.1, 0.15) is 5.69 Å². The van der Waals surface area contributed by atoms with Gasteiger partial charge in [-0.05, 0) is 41.1 Å². The number of hydrogen-bond donors (Lipinski definition) is 0. The Balaban J connectivity index is 2.23. The summed E-state index contributed by atoms with van der Waals surface area (Å²) in [5, 5.41) is 4.21. The zero-order valence-electron chi connectivity index (χ0n) is 9.64. The summed E-state index contributed by atoms with van der Waals surface area (Å²) in [7, 11) is 1.84. The van der Waals surface area contributed by atoms with E-state index in [9.17, 15) is 4.79 Å². The molecule has 0 aliphatic carbocycles. The molecule has 0 aromatic carbocycles. The summed E-state index contributed by atoms with van der Waals surface area (Å²) in [5.74, 6) is -0.0134. The zero-order valence-corrected chi connectivity index (χ0v) is 11.2. The third kappa shape index (κ3) is 2.61. The lowest BCUT2D eigenvalue weighted by Crippen LogP contribution is -2.10. The number of carbonyl (C=O) groups excluding carboxylic acids is 1. The lowest BCUT2D eigenvalue weighted by atomic mass is 10.1. The fourth-order valence-corrected chi connectivity index (χ4v) is 2.14. The van der Waals surface area contributed by atoms with E-state index >= 15 is 0 Å². The summed E-state index contributed by atoms with van der Waals surface area (Å²) < 4.78 is 2.45. The van der Waals surface area contributed by atoms with E-state index in [-0.39, 0.29) is 5.78 Å². The zero-order chi connectivity index (χ0) is 12.4. The van der Waals surface area contributed by atoms with Gasteiger partial charge >= 0.3 is 0 Å². The van der Waals surface area contributed by atoms with E-state index in [4.69, 9.17) is 0 Å². The van der Waals surface area contributed by atoms with Gasteiger partial charge in [0, 0.05) is 23.4 Å². The molecule has 0 N–H and O–H groups in total. The molecule has 0 saturated carbocycles. The molecule has 2 heterocycles. The van der Waals surface area contributed by atoms with Crippen LogP contribution in [-0.4, -0.2) is 20.5 Å². The number of halogens is 1. The van der Waals surface area contributed by atoms with E-state index in [0.29, 0.717) is 12.1 Å². The highest BCUT2D eigenvalue weighted by atomic mass is 79.9. The van der Waals surface area contributed by atoms with Crippen molar-refractivity contribution in [2.45, 2.75) is 13.3 Å². The number of rotatable bonds is 3. The first kappa shape index (κ1) is 12.0. The highest BCUT2D eigenvalue weighted by molar-refractivity contribution is 9.10. The second-order valence-corrected chi connectivity index (χ2v) is 4.69. The first-order valence-corrected chi connectivity index (χ1v) is 6.00. The SMILES string of the molecule is Cc1cc(CC(=O)c2ncccc2Br)n(C)n1. The Kier molecular flexibility index (Phi) is 3.38. The maximum atomic E-state index is 12.1. The molecule has 0 spiro atoms. The van der Waals surface area contributed by atoms with Crippen LogP contribution in [0.4, 0.5) is 0 Å². The minimum Gasteiger partial charge on any atom is -0.292 e. The van der Waals surface area contributed by atoms with Gasteiger partial charge in [0.25, 0.3) is 0 Å². The molecular weight excluding hydrogens is 282 g/mol. The van der Waals surface area contributed by atoms with Gasteiger partial charge in [0.2, 0.25) is 0 Å². The molecule has 2 rings (SSSR count). The number of ketones is 1. The second kappa shape index (κ2) is 4.79. The summed E-state index contributed by atoms with van der Waals surface area (Å²) in [6, 6.07) is 5.51. The Morgan fingerprint density at radius 2 is 2.29 bits per heavy atom. The van der Waals surface area contributed by atoms with E-state index < -0.39 is 0 Å². The minimum absolute atomic E-state index is 0.0134. The Bertz CT molecular complexity index is 563.